The standard InChI is InChI=1S/C16H16N2OS2/c1-21-13-9-5-8-12(10-13)18-16(19)14(15(17)20)11-6-3-2-4-7-11/h2-10,14H,1H3,(H2,17,20)(H,18,19). The van der Waals surface area contributed by atoms with E-state index in [2.05, 4.69) is 5.32 Å². The smallest absolute Gasteiger partial charge is 0.238 e. The molecule has 0 aromatic heterocycles. The summed E-state index contributed by atoms with van der Waals surface area (Å²) in [6, 6.07) is 17.0. The summed E-state index contributed by atoms with van der Waals surface area (Å²) in [6.45, 7) is 0. The molecule has 0 radical (unpaired) electrons. The van der Waals surface area contributed by atoms with Crippen LogP contribution in [0.25, 0.3) is 0 Å². The highest BCUT2D eigenvalue weighted by atomic mass is 32.2. The van der Waals surface area contributed by atoms with Crippen LogP contribution >= 0.6 is 24.0 Å². The Hall–Kier alpha value is -1.85. The minimum Gasteiger partial charge on any atom is -0.392 e. The summed E-state index contributed by atoms with van der Waals surface area (Å²) in [5.74, 6) is -0.842. The van der Waals surface area contributed by atoms with Crippen molar-refractivity contribution in [2.24, 2.45) is 5.73 Å². The van der Waals surface area contributed by atoms with E-state index in [-0.39, 0.29) is 10.9 Å². The van der Waals surface area contributed by atoms with Crippen molar-refractivity contribution >= 4 is 40.6 Å². The molecular weight excluding hydrogens is 300 g/mol. The quantitative estimate of drug-likeness (QED) is 0.655. The number of thioether (sulfide) groups is 1. The maximum atomic E-state index is 12.5. The van der Waals surface area contributed by atoms with E-state index in [0.29, 0.717) is 0 Å². The minimum absolute atomic E-state index is 0.166. The van der Waals surface area contributed by atoms with Crippen molar-refractivity contribution in [1.29, 1.82) is 0 Å². The van der Waals surface area contributed by atoms with Crippen LogP contribution in [0.5, 0.6) is 0 Å². The predicted molar refractivity (Wildman–Crippen MR) is 92.8 cm³/mol. The molecule has 0 saturated carbocycles. The molecule has 3 nitrogen and oxygen atoms in total. The number of carbonyl (C=O) groups is 1. The first kappa shape index (κ1) is 15.5. The molecule has 1 amide bonds. The van der Waals surface area contributed by atoms with E-state index in [1.54, 1.807) is 11.8 Å². The van der Waals surface area contributed by atoms with Gasteiger partial charge in [-0.2, -0.15) is 0 Å². The van der Waals surface area contributed by atoms with Gasteiger partial charge >= 0.3 is 0 Å². The first-order chi connectivity index (χ1) is 10.1. The summed E-state index contributed by atoms with van der Waals surface area (Å²) >= 11 is 6.67. The number of nitrogens with two attached hydrogens (primary N) is 1. The molecule has 2 aromatic rings. The van der Waals surface area contributed by atoms with Crippen LogP contribution < -0.4 is 11.1 Å². The van der Waals surface area contributed by atoms with Crippen molar-refractivity contribution in [1.82, 2.24) is 0 Å². The van der Waals surface area contributed by atoms with Crippen molar-refractivity contribution in [3.63, 3.8) is 0 Å². The molecule has 5 heteroatoms. The zero-order valence-corrected chi connectivity index (χ0v) is 13.2. The molecule has 0 aliphatic rings. The Morgan fingerprint density at radius 1 is 1.19 bits per heavy atom. The van der Waals surface area contributed by atoms with E-state index in [4.69, 9.17) is 18.0 Å². The molecule has 0 aliphatic heterocycles. The minimum atomic E-state index is -0.626. The number of carbonyl (C=O) groups excluding carboxylic acids is 1. The largest absolute Gasteiger partial charge is 0.392 e. The van der Waals surface area contributed by atoms with Gasteiger partial charge in [0.25, 0.3) is 0 Å². The van der Waals surface area contributed by atoms with Crippen molar-refractivity contribution in [2.45, 2.75) is 10.8 Å². The molecule has 0 bridgehead atoms. The summed E-state index contributed by atoms with van der Waals surface area (Å²) in [7, 11) is 0. The number of hydrogen-bond acceptors (Lipinski definition) is 3. The van der Waals surface area contributed by atoms with E-state index < -0.39 is 5.92 Å². The molecule has 0 fully saturated rings. The van der Waals surface area contributed by atoms with Gasteiger partial charge in [0.1, 0.15) is 5.92 Å². The van der Waals surface area contributed by atoms with Crippen molar-refractivity contribution in [2.75, 3.05) is 11.6 Å². The number of benzene rings is 2. The number of thiocarbonyl (C=S) groups is 1. The second kappa shape index (κ2) is 7.24. The van der Waals surface area contributed by atoms with Crippen LogP contribution in [-0.4, -0.2) is 17.2 Å². The van der Waals surface area contributed by atoms with E-state index in [0.717, 1.165) is 16.1 Å². The third kappa shape index (κ3) is 4.06. The Balaban J connectivity index is 2.21. The molecule has 1 atom stereocenters. The van der Waals surface area contributed by atoms with Gasteiger partial charge in [0.15, 0.2) is 0 Å². The van der Waals surface area contributed by atoms with E-state index in [1.165, 1.54) is 0 Å². The Labute approximate surface area is 133 Å². The number of rotatable bonds is 5. The lowest BCUT2D eigenvalue weighted by molar-refractivity contribution is -0.116. The molecule has 2 aromatic carbocycles. The lowest BCUT2D eigenvalue weighted by Crippen LogP contribution is -2.31. The van der Waals surface area contributed by atoms with Crippen molar-refractivity contribution < 1.29 is 4.79 Å². The van der Waals surface area contributed by atoms with Gasteiger partial charge in [0, 0.05) is 10.6 Å². The van der Waals surface area contributed by atoms with Gasteiger partial charge in [0.2, 0.25) is 5.91 Å². The first-order valence-electron chi connectivity index (χ1n) is 6.41. The molecule has 3 N–H and O–H groups in total. The van der Waals surface area contributed by atoms with Crippen LogP contribution in [-0.2, 0) is 4.79 Å². The van der Waals surface area contributed by atoms with Crippen LogP contribution in [0.3, 0.4) is 0 Å². The normalized spacial score (nSPS) is 11.7. The van der Waals surface area contributed by atoms with Crippen LogP contribution in [0, 0.1) is 0 Å². The molecule has 0 spiro atoms. The summed E-state index contributed by atoms with van der Waals surface area (Å²) in [6.07, 6.45) is 1.99. The van der Waals surface area contributed by atoms with E-state index >= 15 is 0 Å². The van der Waals surface area contributed by atoms with Crippen molar-refractivity contribution in [3.8, 4) is 0 Å². The van der Waals surface area contributed by atoms with Gasteiger partial charge in [-0.1, -0.05) is 48.6 Å². The highest BCUT2D eigenvalue weighted by Gasteiger charge is 2.23. The number of nitrogens with one attached hydrogen (secondary N) is 1. The maximum Gasteiger partial charge on any atom is 0.238 e. The molecule has 21 heavy (non-hydrogen) atoms. The van der Waals surface area contributed by atoms with Crippen LogP contribution in [0.1, 0.15) is 11.5 Å². The Bertz CT molecular complexity index is 644. The lowest BCUT2D eigenvalue weighted by Gasteiger charge is -2.16. The summed E-state index contributed by atoms with van der Waals surface area (Å²) in [5.41, 5.74) is 7.28. The third-order valence-corrected chi connectivity index (χ3v) is 3.98. The summed E-state index contributed by atoms with van der Waals surface area (Å²) in [4.78, 5) is 13.7. The monoisotopic (exact) mass is 316 g/mol. The highest BCUT2D eigenvalue weighted by Crippen LogP contribution is 2.22. The van der Waals surface area contributed by atoms with Gasteiger partial charge in [-0.25, -0.2) is 0 Å². The fraction of sp³-hybridized carbons (Fsp3) is 0.125. The van der Waals surface area contributed by atoms with E-state index in [9.17, 15) is 4.79 Å². The molecule has 108 valence electrons. The Morgan fingerprint density at radius 3 is 2.52 bits per heavy atom. The average Bonchev–Trinajstić information content (AvgIpc) is 2.48. The second-order valence-corrected chi connectivity index (χ2v) is 5.82. The van der Waals surface area contributed by atoms with Crippen molar-refractivity contribution in [3.05, 3.63) is 60.2 Å². The lowest BCUT2D eigenvalue weighted by atomic mass is 9.98. The third-order valence-electron chi connectivity index (χ3n) is 3.02. The molecular formula is C16H16N2OS2. The van der Waals surface area contributed by atoms with E-state index in [1.807, 2.05) is 60.9 Å². The number of anilines is 1. The van der Waals surface area contributed by atoms with Crippen LogP contribution in [0.15, 0.2) is 59.5 Å². The molecule has 0 saturated heterocycles. The SMILES string of the molecule is CSc1cccc(NC(=O)C(C(N)=S)c2ccccc2)c1. The molecule has 0 aliphatic carbocycles. The zero-order chi connectivity index (χ0) is 15.2. The van der Waals surface area contributed by atoms with Crippen LogP contribution in [0.4, 0.5) is 5.69 Å². The predicted octanol–water partition coefficient (Wildman–Crippen LogP) is 3.42. The topological polar surface area (TPSA) is 55.1 Å². The highest BCUT2D eigenvalue weighted by molar-refractivity contribution is 7.98. The first-order valence-corrected chi connectivity index (χ1v) is 8.04. The maximum absolute atomic E-state index is 12.5. The Kier molecular flexibility index (Phi) is 5.36. The fourth-order valence-electron chi connectivity index (χ4n) is 2.01. The number of amides is 1. The zero-order valence-electron chi connectivity index (χ0n) is 11.6. The van der Waals surface area contributed by atoms with Gasteiger partial charge in [0.05, 0.1) is 4.99 Å². The average molecular weight is 316 g/mol. The molecule has 2 rings (SSSR count). The number of hydrogen-bond donors (Lipinski definition) is 2. The molecule has 0 heterocycles. The fourth-order valence-corrected chi connectivity index (χ4v) is 2.71. The van der Waals surface area contributed by atoms with Gasteiger partial charge < -0.3 is 11.1 Å². The van der Waals surface area contributed by atoms with Crippen LogP contribution in [0.2, 0.25) is 0 Å². The van der Waals surface area contributed by atoms with Gasteiger partial charge in [-0.05, 0) is 30.0 Å². The molecule has 1 unspecified atom stereocenters. The van der Waals surface area contributed by atoms with Gasteiger partial charge in [-0.15, -0.1) is 11.8 Å². The Morgan fingerprint density at radius 2 is 1.90 bits per heavy atom. The summed E-state index contributed by atoms with van der Waals surface area (Å²) < 4.78 is 0. The second-order valence-electron chi connectivity index (χ2n) is 4.47. The summed E-state index contributed by atoms with van der Waals surface area (Å²) in [5, 5.41) is 2.88. The van der Waals surface area contributed by atoms with Gasteiger partial charge in [-0.3, -0.25) is 4.79 Å².